The molecule has 2 atom stereocenters. The molecule has 1 saturated heterocycles. The van der Waals surface area contributed by atoms with Crippen LogP contribution >= 0.6 is 0 Å². The molecular formula is C10H20N2O3. The van der Waals surface area contributed by atoms with Crippen molar-refractivity contribution in [3.05, 3.63) is 0 Å². The Balaban J connectivity index is 2.32. The highest BCUT2D eigenvalue weighted by Gasteiger charge is 2.24. The summed E-state index contributed by atoms with van der Waals surface area (Å²) in [7, 11) is 0. The van der Waals surface area contributed by atoms with Crippen molar-refractivity contribution in [2.24, 2.45) is 0 Å². The summed E-state index contributed by atoms with van der Waals surface area (Å²) in [6.45, 7) is 7.11. The molecule has 88 valence electrons. The number of rotatable bonds is 4. The first-order valence-corrected chi connectivity index (χ1v) is 5.37. The van der Waals surface area contributed by atoms with Crippen molar-refractivity contribution in [1.82, 2.24) is 9.80 Å². The van der Waals surface area contributed by atoms with E-state index < -0.39 is 5.97 Å². The molecule has 0 aromatic heterocycles. The van der Waals surface area contributed by atoms with Crippen LogP contribution in [0.4, 0.5) is 0 Å². The third kappa shape index (κ3) is 3.77. The maximum Gasteiger partial charge on any atom is 0.317 e. The van der Waals surface area contributed by atoms with Crippen LogP contribution in [0, 0.1) is 0 Å². The minimum absolute atomic E-state index is 0.122. The standard InChI is InChI=1S/C10H20N2O3/c1-8(9(2)13)12-5-3-11(4-6-12)7-10(14)15/h8-9,13H,3-7H2,1-2H3,(H,14,15). The number of aliphatic hydroxyl groups is 1. The summed E-state index contributed by atoms with van der Waals surface area (Å²) in [6, 6.07) is 0.150. The molecule has 0 aromatic rings. The lowest BCUT2D eigenvalue weighted by molar-refractivity contribution is -0.138. The van der Waals surface area contributed by atoms with Gasteiger partial charge in [-0.25, -0.2) is 0 Å². The third-order valence-corrected chi connectivity index (χ3v) is 3.04. The Labute approximate surface area is 90.3 Å². The van der Waals surface area contributed by atoms with E-state index in [0.29, 0.717) is 0 Å². The second-order valence-electron chi connectivity index (χ2n) is 4.19. The van der Waals surface area contributed by atoms with E-state index in [1.165, 1.54) is 0 Å². The van der Waals surface area contributed by atoms with E-state index in [4.69, 9.17) is 5.11 Å². The second-order valence-corrected chi connectivity index (χ2v) is 4.19. The van der Waals surface area contributed by atoms with Gasteiger partial charge in [-0.1, -0.05) is 0 Å². The fraction of sp³-hybridized carbons (Fsp3) is 0.900. The van der Waals surface area contributed by atoms with Crippen LogP contribution in [0.15, 0.2) is 0 Å². The minimum Gasteiger partial charge on any atom is -0.480 e. The van der Waals surface area contributed by atoms with Gasteiger partial charge in [-0.05, 0) is 13.8 Å². The van der Waals surface area contributed by atoms with Crippen LogP contribution in [0.1, 0.15) is 13.8 Å². The van der Waals surface area contributed by atoms with Crippen molar-refractivity contribution in [2.75, 3.05) is 32.7 Å². The highest BCUT2D eigenvalue weighted by molar-refractivity contribution is 5.69. The molecule has 1 aliphatic rings. The Morgan fingerprint density at radius 1 is 1.27 bits per heavy atom. The molecular weight excluding hydrogens is 196 g/mol. The molecule has 1 fully saturated rings. The monoisotopic (exact) mass is 216 g/mol. The van der Waals surface area contributed by atoms with Crippen LogP contribution in [-0.2, 0) is 4.79 Å². The van der Waals surface area contributed by atoms with Crippen LogP contribution < -0.4 is 0 Å². The minimum atomic E-state index is -0.771. The first kappa shape index (κ1) is 12.4. The molecule has 1 aliphatic heterocycles. The largest absolute Gasteiger partial charge is 0.480 e. The Morgan fingerprint density at radius 3 is 2.20 bits per heavy atom. The van der Waals surface area contributed by atoms with Gasteiger partial charge in [-0.3, -0.25) is 14.6 Å². The predicted octanol–water partition coefficient (Wildman–Crippen LogP) is -0.542. The molecule has 15 heavy (non-hydrogen) atoms. The average molecular weight is 216 g/mol. The summed E-state index contributed by atoms with van der Waals surface area (Å²) in [5.41, 5.74) is 0. The van der Waals surface area contributed by atoms with Crippen LogP contribution in [0.3, 0.4) is 0 Å². The number of piperazine rings is 1. The van der Waals surface area contributed by atoms with Gasteiger partial charge in [0.25, 0.3) is 0 Å². The van der Waals surface area contributed by atoms with E-state index in [1.807, 2.05) is 11.8 Å². The van der Waals surface area contributed by atoms with Gasteiger partial charge >= 0.3 is 5.97 Å². The van der Waals surface area contributed by atoms with Gasteiger partial charge in [0.05, 0.1) is 12.6 Å². The van der Waals surface area contributed by atoms with Crippen molar-refractivity contribution >= 4 is 5.97 Å². The van der Waals surface area contributed by atoms with Crippen molar-refractivity contribution < 1.29 is 15.0 Å². The smallest absolute Gasteiger partial charge is 0.317 e. The quantitative estimate of drug-likeness (QED) is 0.660. The molecule has 5 nitrogen and oxygen atoms in total. The summed E-state index contributed by atoms with van der Waals surface area (Å²) in [4.78, 5) is 14.6. The molecule has 0 saturated carbocycles. The first-order chi connectivity index (χ1) is 7.00. The maximum atomic E-state index is 10.5. The maximum absolute atomic E-state index is 10.5. The van der Waals surface area contributed by atoms with Crippen LogP contribution in [0.2, 0.25) is 0 Å². The summed E-state index contributed by atoms with van der Waals surface area (Å²) in [6.07, 6.45) is -0.337. The second kappa shape index (κ2) is 5.44. The van der Waals surface area contributed by atoms with E-state index >= 15 is 0 Å². The van der Waals surface area contributed by atoms with Crippen LogP contribution in [0.5, 0.6) is 0 Å². The van der Waals surface area contributed by atoms with E-state index in [0.717, 1.165) is 26.2 Å². The zero-order chi connectivity index (χ0) is 11.4. The fourth-order valence-corrected chi connectivity index (χ4v) is 1.83. The number of hydrogen-bond donors (Lipinski definition) is 2. The number of aliphatic hydroxyl groups excluding tert-OH is 1. The Hall–Kier alpha value is -0.650. The molecule has 0 bridgehead atoms. The van der Waals surface area contributed by atoms with Gasteiger partial charge in [0, 0.05) is 32.2 Å². The topological polar surface area (TPSA) is 64.0 Å². The average Bonchev–Trinajstić information content (AvgIpc) is 2.17. The number of aliphatic carboxylic acids is 1. The molecule has 0 spiro atoms. The van der Waals surface area contributed by atoms with E-state index in [-0.39, 0.29) is 18.7 Å². The van der Waals surface area contributed by atoms with Gasteiger partial charge in [0.15, 0.2) is 0 Å². The lowest BCUT2D eigenvalue weighted by Crippen LogP contribution is -2.53. The molecule has 0 radical (unpaired) electrons. The summed E-state index contributed by atoms with van der Waals surface area (Å²) in [5, 5.41) is 18.1. The molecule has 0 aromatic carbocycles. The Kier molecular flexibility index (Phi) is 4.50. The Morgan fingerprint density at radius 2 is 1.80 bits per heavy atom. The van der Waals surface area contributed by atoms with Crippen LogP contribution in [-0.4, -0.2) is 70.9 Å². The summed E-state index contributed by atoms with van der Waals surface area (Å²) >= 11 is 0. The van der Waals surface area contributed by atoms with Crippen molar-refractivity contribution in [3.63, 3.8) is 0 Å². The van der Waals surface area contributed by atoms with Gasteiger partial charge in [-0.2, -0.15) is 0 Å². The van der Waals surface area contributed by atoms with Gasteiger partial charge in [0.2, 0.25) is 0 Å². The molecule has 5 heteroatoms. The highest BCUT2D eigenvalue weighted by Crippen LogP contribution is 2.08. The lowest BCUT2D eigenvalue weighted by Gasteiger charge is -2.38. The summed E-state index contributed by atoms with van der Waals surface area (Å²) < 4.78 is 0. The first-order valence-electron chi connectivity index (χ1n) is 5.37. The molecule has 0 aliphatic carbocycles. The molecule has 0 amide bonds. The fourth-order valence-electron chi connectivity index (χ4n) is 1.83. The number of nitrogens with zero attached hydrogens (tertiary/aromatic N) is 2. The lowest BCUT2D eigenvalue weighted by atomic mass is 10.1. The molecule has 1 rings (SSSR count). The van der Waals surface area contributed by atoms with E-state index in [1.54, 1.807) is 6.92 Å². The van der Waals surface area contributed by atoms with E-state index in [2.05, 4.69) is 4.90 Å². The number of carboxylic acid groups (broad SMARTS) is 1. The molecule has 2 unspecified atom stereocenters. The van der Waals surface area contributed by atoms with E-state index in [9.17, 15) is 9.90 Å². The third-order valence-electron chi connectivity index (χ3n) is 3.04. The predicted molar refractivity (Wildman–Crippen MR) is 56.8 cm³/mol. The Bertz CT molecular complexity index is 213. The number of hydrogen-bond acceptors (Lipinski definition) is 4. The normalized spacial score (nSPS) is 23.7. The number of carboxylic acids is 1. The zero-order valence-corrected chi connectivity index (χ0v) is 9.39. The molecule has 1 heterocycles. The van der Waals surface area contributed by atoms with Crippen molar-refractivity contribution in [2.45, 2.75) is 26.0 Å². The van der Waals surface area contributed by atoms with Gasteiger partial charge in [0.1, 0.15) is 0 Å². The van der Waals surface area contributed by atoms with Crippen LogP contribution in [0.25, 0.3) is 0 Å². The van der Waals surface area contributed by atoms with Crippen molar-refractivity contribution in [3.8, 4) is 0 Å². The molecule has 2 N–H and O–H groups in total. The van der Waals surface area contributed by atoms with Gasteiger partial charge < -0.3 is 10.2 Å². The highest BCUT2D eigenvalue weighted by atomic mass is 16.4. The zero-order valence-electron chi connectivity index (χ0n) is 9.39. The number of carbonyl (C=O) groups is 1. The van der Waals surface area contributed by atoms with Crippen molar-refractivity contribution in [1.29, 1.82) is 0 Å². The summed E-state index contributed by atoms with van der Waals surface area (Å²) in [5.74, 6) is -0.771. The SMILES string of the molecule is CC(O)C(C)N1CCN(CC(=O)O)CC1. The van der Waals surface area contributed by atoms with Gasteiger partial charge in [-0.15, -0.1) is 0 Å².